The summed E-state index contributed by atoms with van der Waals surface area (Å²) in [5.74, 6) is 1.29. The zero-order valence-corrected chi connectivity index (χ0v) is 16.8. The monoisotopic (exact) mass is 361 g/mol. The normalized spacial score (nSPS) is 27.1. The Morgan fingerprint density at radius 1 is 1.19 bits per heavy atom. The number of pyridine rings is 1. The summed E-state index contributed by atoms with van der Waals surface area (Å²) in [5.41, 5.74) is 6.44. The van der Waals surface area contributed by atoms with Gasteiger partial charge in [0.25, 0.3) is 0 Å². The summed E-state index contributed by atoms with van der Waals surface area (Å²) in [6, 6.07) is 13.3. The van der Waals surface area contributed by atoms with Crippen molar-refractivity contribution in [3.8, 4) is 0 Å². The molecule has 0 spiro atoms. The van der Waals surface area contributed by atoms with Gasteiger partial charge in [0.1, 0.15) is 0 Å². The second-order valence-electron chi connectivity index (χ2n) is 8.73. The van der Waals surface area contributed by atoms with Crippen molar-refractivity contribution < 1.29 is 0 Å². The zero-order valence-electron chi connectivity index (χ0n) is 16.8. The van der Waals surface area contributed by atoms with Gasteiger partial charge in [0, 0.05) is 36.1 Å². The fourth-order valence-electron chi connectivity index (χ4n) is 5.04. The number of rotatable bonds is 7. The van der Waals surface area contributed by atoms with Crippen molar-refractivity contribution in [1.82, 2.24) is 10.3 Å². The number of anilines is 1. The topological polar surface area (TPSA) is 37.0 Å². The Hall–Kier alpha value is -2.13. The highest BCUT2D eigenvalue weighted by Gasteiger charge is 2.58. The molecule has 0 aliphatic heterocycles. The van der Waals surface area contributed by atoms with Gasteiger partial charge in [0.15, 0.2) is 0 Å². The number of hydrogen-bond acceptors (Lipinski definition) is 3. The molecule has 3 heteroatoms. The van der Waals surface area contributed by atoms with Crippen LogP contribution in [0.4, 0.5) is 5.69 Å². The number of benzene rings is 1. The number of nitrogens with zero attached hydrogens (tertiary/aromatic N) is 1. The maximum absolute atomic E-state index is 4.52. The summed E-state index contributed by atoms with van der Waals surface area (Å²) in [4.78, 5) is 4.52. The average Bonchev–Trinajstić information content (AvgIpc) is 3.18. The van der Waals surface area contributed by atoms with Crippen LogP contribution in [-0.2, 0) is 6.54 Å². The van der Waals surface area contributed by atoms with Gasteiger partial charge in [-0.15, -0.1) is 0 Å². The smallest absolute Gasteiger partial charge is 0.0570 e. The van der Waals surface area contributed by atoms with Crippen molar-refractivity contribution in [2.45, 2.75) is 52.6 Å². The molecule has 142 valence electrons. The van der Waals surface area contributed by atoms with Crippen molar-refractivity contribution in [3.05, 3.63) is 71.7 Å². The molecular weight excluding hydrogens is 330 g/mol. The lowest BCUT2D eigenvalue weighted by Crippen LogP contribution is -2.37. The predicted octanol–water partition coefficient (Wildman–Crippen LogP) is 5.22. The van der Waals surface area contributed by atoms with Crippen LogP contribution in [-0.4, -0.2) is 11.0 Å². The summed E-state index contributed by atoms with van der Waals surface area (Å²) in [7, 11) is 0. The Labute approximate surface area is 163 Å². The molecule has 1 heterocycles. The molecule has 5 rings (SSSR count). The van der Waals surface area contributed by atoms with Crippen LogP contribution in [0.2, 0.25) is 0 Å². The molecule has 0 radical (unpaired) electrons. The van der Waals surface area contributed by atoms with Crippen LogP contribution in [0.3, 0.4) is 0 Å². The molecule has 2 aromatic rings. The van der Waals surface area contributed by atoms with Crippen molar-refractivity contribution in [1.29, 1.82) is 0 Å². The molecule has 1 aromatic carbocycles. The van der Waals surface area contributed by atoms with E-state index >= 15 is 0 Å². The van der Waals surface area contributed by atoms with Crippen LogP contribution in [0, 0.1) is 31.1 Å². The average molecular weight is 362 g/mol. The summed E-state index contributed by atoms with van der Waals surface area (Å²) in [6.45, 7) is 11.9. The van der Waals surface area contributed by atoms with Crippen LogP contribution in [0.15, 0.2) is 54.9 Å². The van der Waals surface area contributed by atoms with E-state index < -0.39 is 0 Å². The molecule has 2 bridgehead atoms. The van der Waals surface area contributed by atoms with Gasteiger partial charge in [0.05, 0.1) is 5.69 Å². The first-order chi connectivity index (χ1) is 13.0. The second kappa shape index (κ2) is 7.12. The molecule has 0 saturated heterocycles. The van der Waals surface area contributed by atoms with Gasteiger partial charge in [-0.05, 0) is 68.2 Å². The van der Waals surface area contributed by atoms with Gasteiger partial charge in [-0.25, -0.2) is 0 Å². The van der Waals surface area contributed by atoms with Crippen LogP contribution >= 0.6 is 0 Å². The first-order valence-corrected chi connectivity index (χ1v) is 10.1. The SMILES string of the molecule is C=C(Nc1ccc(C)cc1)C(C)C12CC(C1)[C@H](NCc1ncccc1C)C2. The Morgan fingerprint density at radius 2 is 1.93 bits per heavy atom. The van der Waals surface area contributed by atoms with Gasteiger partial charge < -0.3 is 10.6 Å². The molecule has 1 aromatic heterocycles. The van der Waals surface area contributed by atoms with Gasteiger partial charge in [-0.1, -0.05) is 37.3 Å². The van der Waals surface area contributed by atoms with E-state index in [2.05, 4.69) is 73.3 Å². The fraction of sp³-hybridized carbons (Fsp3) is 0.458. The molecule has 1 unspecified atom stereocenters. The molecule has 2 atom stereocenters. The highest BCUT2D eigenvalue weighted by molar-refractivity contribution is 5.49. The fourth-order valence-corrected chi connectivity index (χ4v) is 5.04. The minimum absolute atomic E-state index is 0.413. The Kier molecular flexibility index (Phi) is 4.81. The minimum atomic E-state index is 0.413. The van der Waals surface area contributed by atoms with Gasteiger partial charge in [-0.3, -0.25) is 4.98 Å². The highest BCUT2D eigenvalue weighted by Crippen LogP contribution is 2.63. The third-order valence-electron chi connectivity index (χ3n) is 6.98. The van der Waals surface area contributed by atoms with E-state index in [4.69, 9.17) is 0 Å². The van der Waals surface area contributed by atoms with Gasteiger partial charge in [-0.2, -0.15) is 0 Å². The maximum atomic E-state index is 4.52. The van der Waals surface area contributed by atoms with Crippen LogP contribution in [0.5, 0.6) is 0 Å². The number of allylic oxidation sites excluding steroid dienone is 1. The van der Waals surface area contributed by atoms with Crippen molar-refractivity contribution in [3.63, 3.8) is 0 Å². The number of aryl methyl sites for hydroxylation is 2. The van der Waals surface area contributed by atoms with Crippen LogP contribution in [0.25, 0.3) is 0 Å². The van der Waals surface area contributed by atoms with Crippen LogP contribution < -0.4 is 10.6 Å². The molecule has 3 nitrogen and oxygen atoms in total. The van der Waals surface area contributed by atoms with Crippen LogP contribution in [0.1, 0.15) is 43.0 Å². The molecule has 3 fully saturated rings. The molecule has 3 saturated carbocycles. The van der Waals surface area contributed by atoms with E-state index in [1.54, 1.807) is 0 Å². The first kappa shape index (κ1) is 18.2. The lowest BCUT2D eigenvalue weighted by Gasteiger charge is -2.44. The largest absolute Gasteiger partial charge is 0.359 e. The predicted molar refractivity (Wildman–Crippen MR) is 112 cm³/mol. The Balaban J connectivity index is 1.34. The number of hydrogen-bond donors (Lipinski definition) is 2. The van der Waals surface area contributed by atoms with E-state index in [0.29, 0.717) is 17.4 Å². The van der Waals surface area contributed by atoms with Gasteiger partial charge in [0.2, 0.25) is 0 Å². The third kappa shape index (κ3) is 3.53. The molecule has 3 aliphatic rings. The molecule has 3 aliphatic carbocycles. The third-order valence-corrected chi connectivity index (χ3v) is 6.98. The standard InChI is InChI=1S/C24H31N3/c1-16-7-9-21(10-8-16)27-19(4)18(3)24-12-20(13-24)22(14-24)26-15-23-17(2)6-5-11-25-23/h5-11,18,20,22,26-27H,4,12-15H2,1-3H3/t18?,20?,22-,24?/m1/s1. The van der Waals surface area contributed by atoms with Crippen molar-refractivity contribution in [2.24, 2.45) is 17.3 Å². The maximum Gasteiger partial charge on any atom is 0.0570 e. The van der Waals surface area contributed by atoms with Crippen molar-refractivity contribution >= 4 is 5.69 Å². The quantitative estimate of drug-likeness (QED) is 0.710. The minimum Gasteiger partial charge on any atom is -0.359 e. The Morgan fingerprint density at radius 3 is 2.63 bits per heavy atom. The van der Waals surface area contributed by atoms with E-state index in [-0.39, 0.29) is 0 Å². The Bertz CT molecular complexity index is 818. The summed E-state index contributed by atoms with van der Waals surface area (Å²) in [5, 5.41) is 7.34. The summed E-state index contributed by atoms with van der Waals surface area (Å²) < 4.78 is 0. The van der Waals surface area contributed by atoms with E-state index in [1.165, 1.54) is 36.1 Å². The number of nitrogens with one attached hydrogen (secondary N) is 2. The lowest BCUT2D eigenvalue weighted by atomic mass is 9.62. The second-order valence-corrected chi connectivity index (χ2v) is 8.73. The summed E-state index contributed by atoms with van der Waals surface area (Å²) >= 11 is 0. The van der Waals surface area contributed by atoms with E-state index in [9.17, 15) is 0 Å². The molecule has 2 N–H and O–H groups in total. The number of fused-ring (bicyclic) bond motifs is 1. The molecular formula is C24H31N3. The van der Waals surface area contributed by atoms with Gasteiger partial charge >= 0.3 is 0 Å². The van der Waals surface area contributed by atoms with E-state index in [0.717, 1.165) is 23.8 Å². The first-order valence-electron chi connectivity index (χ1n) is 10.1. The number of aromatic nitrogens is 1. The zero-order chi connectivity index (χ0) is 19.0. The lowest BCUT2D eigenvalue weighted by molar-refractivity contribution is 0.0900. The summed E-state index contributed by atoms with van der Waals surface area (Å²) in [6.07, 6.45) is 5.78. The molecule has 27 heavy (non-hydrogen) atoms. The van der Waals surface area contributed by atoms with E-state index in [1.807, 2.05) is 12.3 Å². The molecule has 0 amide bonds. The highest BCUT2D eigenvalue weighted by atomic mass is 15.0. The van der Waals surface area contributed by atoms with Crippen molar-refractivity contribution in [2.75, 3.05) is 5.32 Å².